The van der Waals surface area contributed by atoms with E-state index >= 15 is 0 Å². The summed E-state index contributed by atoms with van der Waals surface area (Å²) in [4.78, 5) is 24.7. The molecule has 0 aliphatic carbocycles. The van der Waals surface area contributed by atoms with Gasteiger partial charge in [0.2, 0.25) is 0 Å². The fourth-order valence-corrected chi connectivity index (χ4v) is 2.58. The predicted octanol–water partition coefficient (Wildman–Crippen LogP) is 2.22. The summed E-state index contributed by atoms with van der Waals surface area (Å²) in [5.74, 6) is 0.331. The minimum absolute atomic E-state index is 0.0223. The number of methoxy groups -OCH3 is 1. The molecular weight excluding hydrogens is 336 g/mol. The first-order valence-electron chi connectivity index (χ1n) is 7.96. The Labute approximate surface area is 151 Å². The van der Waals surface area contributed by atoms with Crippen LogP contribution in [0.15, 0.2) is 42.5 Å². The average Bonchev–Trinajstić information content (AvgIpc) is 2.61. The molecule has 0 spiro atoms. The van der Waals surface area contributed by atoms with Crippen molar-refractivity contribution in [2.45, 2.75) is 6.04 Å². The molecule has 3 N–H and O–H groups in total. The van der Waals surface area contributed by atoms with Gasteiger partial charge in [-0.3, -0.25) is 14.9 Å². The number of benzene rings is 2. The van der Waals surface area contributed by atoms with Gasteiger partial charge in [-0.15, -0.1) is 0 Å². The highest BCUT2D eigenvalue weighted by Gasteiger charge is 2.19. The van der Waals surface area contributed by atoms with Gasteiger partial charge in [0.15, 0.2) is 0 Å². The molecule has 1 unspecified atom stereocenters. The fourth-order valence-electron chi connectivity index (χ4n) is 2.58. The van der Waals surface area contributed by atoms with Crippen LogP contribution < -0.4 is 15.8 Å². The first-order chi connectivity index (χ1) is 12.3. The van der Waals surface area contributed by atoms with Crippen molar-refractivity contribution in [1.29, 1.82) is 0 Å². The number of rotatable bonds is 7. The maximum absolute atomic E-state index is 12.4. The van der Waals surface area contributed by atoms with Crippen molar-refractivity contribution in [2.75, 3.05) is 33.5 Å². The summed E-state index contributed by atoms with van der Waals surface area (Å²) in [5.41, 5.74) is 6.48. The largest absolute Gasteiger partial charge is 0.497 e. The van der Waals surface area contributed by atoms with Crippen molar-refractivity contribution in [3.8, 4) is 5.75 Å². The number of likely N-dealkylation sites (N-methyl/N-ethyl adjacent to an activating group) is 1. The fraction of sp³-hybridized carbons (Fsp3) is 0.278. The van der Waals surface area contributed by atoms with E-state index in [0.717, 1.165) is 11.3 Å². The molecule has 0 radical (unpaired) electrons. The molecule has 0 saturated heterocycles. The Morgan fingerprint density at radius 1 is 1.31 bits per heavy atom. The third kappa shape index (κ3) is 4.48. The number of nitro benzene ring substituents is 1. The van der Waals surface area contributed by atoms with Crippen LogP contribution in [0.3, 0.4) is 0 Å². The van der Waals surface area contributed by atoms with E-state index in [9.17, 15) is 14.9 Å². The van der Waals surface area contributed by atoms with Crippen LogP contribution >= 0.6 is 0 Å². The molecule has 0 bridgehead atoms. The summed E-state index contributed by atoms with van der Waals surface area (Å²) in [5, 5.41) is 13.8. The summed E-state index contributed by atoms with van der Waals surface area (Å²) < 4.78 is 5.24. The number of nitrogen functional groups attached to an aromatic ring is 1. The van der Waals surface area contributed by atoms with Crippen LogP contribution in [0.1, 0.15) is 22.0 Å². The second-order valence-electron chi connectivity index (χ2n) is 6.00. The van der Waals surface area contributed by atoms with E-state index in [0.29, 0.717) is 6.54 Å². The highest BCUT2D eigenvalue weighted by atomic mass is 16.6. The normalized spacial score (nSPS) is 11.8. The highest BCUT2D eigenvalue weighted by Crippen LogP contribution is 2.24. The summed E-state index contributed by atoms with van der Waals surface area (Å²) in [7, 11) is 5.41. The minimum Gasteiger partial charge on any atom is -0.497 e. The van der Waals surface area contributed by atoms with Gasteiger partial charge < -0.3 is 20.7 Å². The van der Waals surface area contributed by atoms with E-state index in [1.54, 1.807) is 7.11 Å². The Kier molecular flexibility index (Phi) is 6.13. The van der Waals surface area contributed by atoms with Crippen LogP contribution in [0.5, 0.6) is 5.75 Å². The van der Waals surface area contributed by atoms with Crippen LogP contribution in [-0.4, -0.2) is 43.5 Å². The SMILES string of the molecule is COc1cccc(C(CNC(=O)c2ccc(N)c([N+](=O)[O-])c2)N(C)C)c1. The maximum Gasteiger partial charge on any atom is 0.292 e. The average molecular weight is 358 g/mol. The molecule has 0 heterocycles. The summed E-state index contributed by atoms with van der Waals surface area (Å²) in [6, 6.07) is 11.5. The summed E-state index contributed by atoms with van der Waals surface area (Å²) in [6.45, 7) is 0.331. The van der Waals surface area contributed by atoms with E-state index in [1.165, 1.54) is 18.2 Å². The number of hydrogen-bond acceptors (Lipinski definition) is 6. The lowest BCUT2D eigenvalue weighted by atomic mass is 10.1. The molecule has 1 atom stereocenters. The van der Waals surface area contributed by atoms with Crippen LogP contribution in [0, 0.1) is 10.1 Å². The highest BCUT2D eigenvalue weighted by molar-refractivity contribution is 5.95. The number of hydrogen-bond donors (Lipinski definition) is 2. The van der Waals surface area contributed by atoms with Crippen molar-refractivity contribution < 1.29 is 14.5 Å². The monoisotopic (exact) mass is 358 g/mol. The van der Waals surface area contributed by atoms with Gasteiger partial charge in [0.25, 0.3) is 11.6 Å². The number of carbonyl (C=O) groups excluding carboxylic acids is 1. The maximum atomic E-state index is 12.4. The van der Waals surface area contributed by atoms with Gasteiger partial charge in [-0.05, 0) is 43.9 Å². The topological polar surface area (TPSA) is 111 Å². The van der Waals surface area contributed by atoms with Gasteiger partial charge in [0, 0.05) is 18.2 Å². The number of nitrogens with zero attached hydrogens (tertiary/aromatic N) is 2. The van der Waals surface area contributed by atoms with Crippen molar-refractivity contribution in [3.63, 3.8) is 0 Å². The van der Waals surface area contributed by atoms with E-state index in [4.69, 9.17) is 10.5 Å². The number of nitrogens with two attached hydrogens (primary N) is 1. The van der Waals surface area contributed by atoms with Gasteiger partial charge >= 0.3 is 0 Å². The van der Waals surface area contributed by atoms with Gasteiger partial charge in [-0.1, -0.05) is 12.1 Å². The van der Waals surface area contributed by atoms with E-state index in [1.807, 2.05) is 43.3 Å². The zero-order valence-corrected chi connectivity index (χ0v) is 14.9. The van der Waals surface area contributed by atoms with Gasteiger partial charge in [-0.2, -0.15) is 0 Å². The molecule has 26 heavy (non-hydrogen) atoms. The Hall–Kier alpha value is -3.13. The Bertz CT molecular complexity index is 808. The molecule has 8 nitrogen and oxygen atoms in total. The van der Waals surface area contributed by atoms with E-state index < -0.39 is 10.8 Å². The van der Waals surface area contributed by atoms with Crippen molar-refractivity contribution in [2.24, 2.45) is 0 Å². The quantitative estimate of drug-likeness (QED) is 0.446. The van der Waals surface area contributed by atoms with Crippen molar-refractivity contribution >= 4 is 17.3 Å². The number of nitro groups is 1. The Morgan fingerprint density at radius 3 is 2.65 bits per heavy atom. The van der Waals surface area contributed by atoms with E-state index in [-0.39, 0.29) is 23.0 Å². The van der Waals surface area contributed by atoms with Crippen LogP contribution in [0.2, 0.25) is 0 Å². The molecule has 8 heteroatoms. The third-order valence-corrected chi connectivity index (χ3v) is 4.05. The van der Waals surface area contributed by atoms with Crippen LogP contribution in [-0.2, 0) is 0 Å². The number of nitrogens with one attached hydrogen (secondary N) is 1. The van der Waals surface area contributed by atoms with Gasteiger partial charge in [0.1, 0.15) is 11.4 Å². The Morgan fingerprint density at radius 2 is 2.04 bits per heavy atom. The number of carbonyl (C=O) groups is 1. The van der Waals surface area contributed by atoms with Crippen LogP contribution in [0.4, 0.5) is 11.4 Å². The molecule has 138 valence electrons. The molecule has 0 aliphatic heterocycles. The molecule has 2 rings (SSSR count). The first kappa shape index (κ1) is 19.2. The lowest BCUT2D eigenvalue weighted by Crippen LogP contribution is -2.34. The minimum atomic E-state index is -0.606. The van der Waals surface area contributed by atoms with E-state index in [2.05, 4.69) is 5.32 Å². The van der Waals surface area contributed by atoms with Crippen LogP contribution in [0.25, 0.3) is 0 Å². The molecule has 2 aromatic carbocycles. The standard InChI is InChI=1S/C18H22N4O4/c1-21(2)17(12-5-4-6-14(9-12)26-3)11-20-18(23)13-7-8-15(19)16(10-13)22(24)25/h4-10,17H,11,19H2,1-3H3,(H,20,23). The van der Waals surface area contributed by atoms with Gasteiger partial charge in [-0.25, -0.2) is 0 Å². The molecule has 0 aromatic heterocycles. The lowest BCUT2D eigenvalue weighted by molar-refractivity contribution is -0.383. The third-order valence-electron chi connectivity index (χ3n) is 4.05. The first-order valence-corrected chi connectivity index (χ1v) is 7.96. The zero-order valence-electron chi connectivity index (χ0n) is 14.9. The number of amides is 1. The molecular formula is C18H22N4O4. The smallest absolute Gasteiger partial charge is 0.292 e. The Balaban J connectivity index is 2.15. The zero-order chi connectivity index (χ0) is 19.3. The summed E-state index contributed by atoms with van der Waals surface area (Å²) in [6.07, 6.45) is 0. The van der Waals surface area contributed by atoms with Crippen molar-refractivity contribution in [1.82, 2.24) is 10.2 Å². The molecule has 1 amide bonds. The number of ether oxygens (including phenoxy) is 1. The lowest BCUT2D eigenvalue weighted by Gasteiger charge is -2.25. The van der Waals surface area contributed by atoms with Crippen molar-refractivity contribution in [3.05, 3.63) is 63.7 Å². The predicted molar refractivity (Wildman–Crippen MR) is 99.3 cm³/mol. The molecule has 0 fully saturated rings. The molecule has 2 aromatic rings. The molecule has 0 aliphatic rings. The molecule has 0 saturated carbocycles. The summed E-state index contributed by atoms with van der Waals surface area (Å²) >= 11 is 0. The number of anilines is 1. The second kappa shape index (κ2) is 8.30. The second-order valence-corrected chi connectivity index (χ2v) is 6.00. The van der Waals surface area contributed by atoms with Gasteiger partial charge in [0.05, 0.1) is 18.1 Å².